The van der Waals surface area contributed by atoms with Crippen LogP contribution in [0.3, 0.4) is 0 Å². The number of halogens is 3. The summed E-state index contributed by atoms with van der Waals surface area (Å²) in [4.78, 5) is 34.0. The third-order valence-corrected chi connectivity index (χ3v) is 6.99. The van der Waals surface area contributed by atoms with Gasteiger partial charge in [-0.15, -0.1) is 13.2 Å². The van der Waals surface area contributed by atoms with Gasteiger partial charge >= 0.3 is 6.36 Å². The van der Waals surface area contributed by atoms with Crippen LogP contribution in [0.25, 0.3) is 11.0 Å². The van der Waals surface area contributed by atoms with Crippen LogP contribution in [0, 0.1) is 0 Å². The maximum atomic E-state index is 13.3. The van der Waals surface area contributed by atoms with Crippen LogP contribution in [0.4, 0.5) is 13.2 Å². The van der Waals surface area contributed by atoms with Gasteiger partial charge < -0.3 is 19.1 Å². The zero-order valence-corrected chi connectivity index (χ0v) is 18.5. The van der Waals surface area contributed by atoms with Crippen molar-refractivity contribution in [1.82, 2.24) is 19.4 Å². The summed E-state index contributed by atoms with van der Waals surface area (Å²) in [5.74, 6) is -0.516. The summed E-state index contributed by atoms with van der Waals surface area (Å²) >= 11 is 0. The summed E-state index contributed by atoms with van der Waals surface area (Å²) in [6.07, 6.45) is 2.40. The smallest absolute Gasteiger partial charge is 0.406 e. The van der Waals surface area contributed by atoms with Crippen molar-refractivity contribution in [2.45, 2.75) is 63.3 Å². The number of aryl methyl sites for hydroxylation is 1. The minimum atomic E-state index is -4.80. The lowest BCUT2D eigenvalue weighted by molar-refractivity contribution is -0.274. The average Bonchev–Trinajstić information content (AvgIpc) is 3.56. The van der Waals surface area contributed by atoms with E-state index in [-0.39, 0.29) is 41.9 Å². The molecule has 1 saturated heterocycles. The van der Waals surface area contributed by atoms with Crippen LogP contribution in [0.1, 0.15) is 67.0 Å². The van der Waals surface area contributed by atoms with Crippen LogP contribution < -0.4 is 4.74 Å². The monoisotopic (exact) mass is 464 g/mol. The first kappa shape index (κ1) is 22.0. The molecule has 2 saturated carbocycles. The SMILES string of the molecule is Cn1c(C(=O)N2CCN(C3CCCCC3)C(=O)C2)nc2c(C3CC3)cc(OC(F)(F)F)cc21. The number of benzene rings is 1. The fourth-order valence-electron chi connectivity index (χ4n) is 5.16. The highest BCUT2D eigenvalue weighted by Crippen LogP contribution is 2.45. The summed E-state index contributed by atoms with van der Waals surface area (Å²) in [7, 11) is 1.61. The summed E-state index contributed by atoms with van der Waals surface area (Å²) in [5, 5.41) is 0. The molecule has 0 unspecified atom stereocenters. The second kappa shape index (κ2) is 8.22. The second-order valence-electron chi connectivity index (χ2n) is 9.30. The molecule has 2 amide bonds. The lowest BCUT2D eigenvalue weighted by Crippen LogP contribution is -2.56. The van der Waals surface area contributed by atoms with E-state index in [0.29, 0.717) is 29.7 Å². The van der Waals surface area contributed by atoms with E-state index >= 15 is 0 Å². The first-order valence-electron chi connectivity index (χ1n) is 11.6. The lowest BCUT2D eigenvalue weighted by atomic mass is 9.93. The number of ether oxygens (including phenoxy) is 1. The van der Waals surface area contributed by atoms with Gasteiger partial charge in [-0.1, -0.05) is 19.3 Å². The summed E-state index contributed by atoms with van der Waals surface area (Å²) in [6, 6.07) is 2.90. The Hall–Kier alpha value is -2.78. The van der Waals surface area contributed by atoms with E-state index in [9.17, 15) is 22.8 Å². The quantitative estimate of drug-likeness (QED) is 0.687. The first-order valence-corrected chi connectivity index (χ1v) is 11.6. The van der Waals surface area contributed by atoms with Crippen molar-refractivity contribution in [3.8, 4) is 5.75 Å². The number of nitrogens with zero attached hydrogens (tertiary/aromatic N) is 4. The van der Waals surface area contributed by atoms with E-state index in [1.807, 2.05) is 4.90 Å². The number of fused-ring (bicyclic) bond motifs is 1. The van der Waals surface area contributed by atoms with Crippen LogP contribution in [0.2, 0.25) is 0 Å². The number of alkyl halides is 3. The fraction of sp³-hybridized carbons (Fsp3) is 0.609. The highest BCUT2D eigenvalue weighted by atomic mass is 19.4. The number of hydrogen-bond donors (Lipinski definition) is 0. The van der Waals surface area contributed by atoms with Crippen molar-refractivity contribution in [3.05, 3.63) is 23.5 Å². The average molecular weight is 464 g/mol. The molecule has 33 heavy (non-hydrogen) atoms. The Balaban J connectivity index is 1.40. The van der Waals surface area contributed by atoms with Crippen molar-refractivity contribution < 1.29 is 27.5 Å². The third-order valence-electron chi connectivity index (χ3n) is 6.99. The van der Waals surface area contributed by atoms with E-state index in [1.165, 1.54) is 28.0 Å². The molecule has 1 aromatic carbocycles. The maximum Gasteiger partial charge on any atom is 0.573 e. The first-order chi connectivity index (χ1) is 15.7. The van der Waals surface area contributed by atoms with Gasteiger partial charge in [0.2, 0.25) is 5.91 Å². The summed E-state index contributed by atoms with van der Waals surface area (Å²) in [5.41, 5.74) is 1.60. The minimum absolute atomic E-state index is 0.00352. The lowest BCUT2D eigenvalue weighted by Gasteiger charge is -2.40. The van der Waals surface area contributed by atoms with Crippen LogP contribution in [-0.2, 0) is 11.8 Å². The van der Waals surface area contributed by atoms with Crippen LogP contribution in [0.5, 0.6) is 5.75 Å². The van der Waals surface area contributed by atoms with Crippen molar-refractivity contribution in [2.75, 3.05) is 19.6 Å². The molecule has 0 radical (unpaired) electrons. The summed E-state index contributed by atoms with van der Waals surface area (Å²) < 4.78 is 44.2. The molecule has 0 N–H and O–H groups in total. The van der Waals surface area contributed by atoms with Gasteiger partial charge in [0.25, 0.3) is 5.91 Å². The van der Waals surface area contributed by atoms with Crippen LogP contribution in [0.15, 0.2) is 12.1 Å². The predicted octanol–water partition coefficient (Wildman–Crippen LogP) is 3.97. The number of amides is 2. The molecule has 3 fully saturated rings. The molecule has 0 atom stereocenters. The molecule has 3 aliphatic rings. The van der Waals surface area contributed by atoms with Crippen molar-refractivity contribution in [1.29, 1.82) is 0 Å². The Kier molecular flexibility index (Phi) is 5.49. The Morgan fingerprint density at radius 3 is 2.45 bits per heavy atom. The number of rotatable bonds is 4. The Morgan fingerprint density at radius 2 is 1.82 bits per heavy atom. The standard InChI is InChI=1S/C23H27F3N4O3/c1-28-18-12-16(33-23(24,25)26)11-17(14-7-8-14)20(18)27-21(28)22(32)29-9-10-30(19(31)13-29)15-5-3-2-4-6-15/h11-12,14-15H,2-10,13H2,1H3. The Bertz CT molecular complexity index is 1090. The van der Waals surface area contributed by atoms with Gasteiger partial charge in [-0.05, 0) is 43.2 Å². The van der Waals surface area contributed by atoms with E-state index in [2.05, 4.69) is 9.72 Å². The van der Waals surface area contributed by atoms with Gasteiger partial charge in [-0.3, -0.25) is 9.59 Å². The zero-order chi connectivity index (χ0) is 23.3. The van der Waals surface area contributed by atoms with Crippen molar-refractivity contribution >= 4 is 22.8 Å². The molecule has 178 valence electrons. The Morgan fingerprint density at radius 1 is 1.09 bits per heavy atom. The number of carbonyl (C=O) groups excluding carboxylic acids is 2. The van der Waals surface area contributed by atoms with Gasteiger partial charge in [0.15, 0.2) is 5.82 Å². The Labute approximate surface area is 189 Å². The number of aromatic nitrogens is 2. The summed E-state index contributed by atoms with van der Waals surface area (Å²) in [6.45, 7) is 0.911. The molecular weight excluding hydrogens is 437 g/mol. The second-order valence-corrected chi connectivity index (χ2v) is 9.30. The van der Waals surface area contributed by atoms with Crippen molar-refractivity contribution in [3.63, 3.8) is 0 Å². The largest absolute Gasteiger partial charge is 0.573 e. The number of piperazine rings is 1. The maximum absolute atomic E-state index is 13.3. The van der Waals surface area contributed by atoms with Crippen LogP contribution in [-0.4, -0.2) is 63.2 Å². The molecule has 1 aliphatic heterocycles. The van der Waals surface area contributed by atoms with Gasteiger partial charge in [0.05, 0.1) is 11.0 Å². The van der Waals surface area contributed by atoms with Crippen molar-refractivity contribution in [2.24, 2.45) is 7.05 Å². The third kappa shape index (κ3) is 4.39. The van der Waals surface area contributed by atoms with Gasteiger partial charge in [0.1, 0.15) is 12.3 Å². The minimum Gasteiger partial charge on any atom is -0.406 e. The number of imidazole rings is 1. The molecule has 10 heteroatoms. The molecule has 7 nitrogen and oxygen atoms in total. The van der Waals surface area contributed by atoms with E-state index in [4.69, 9.17) is 0 Å². The fourth-order valence-corrected chi connectivity index (χ4v) is 5.16. The molecule has 1 aromatic heterocycles. The zero-order valence-electron chi connectivity index (χ0n) is 18.5. The normalized spacial score (nSPS) is 20.5. The van der Waals surface area contributed by atoms with E-state index in [0.717, 1.165) is 38.5 Å². The van der Waals surface area contributed by atoms with Gasteiger partial charge in [-0.2, -0.15) is 0 Å². The molecule has 2 aliphatic carbocycles. The highest BCUT2D eigenvalue weighted by molar-refractivity contribution is 5.98. The molecule has 2 aromatic rings. The topological polar surface area (TPSA) is 67.7 Å². The molecular formula is C23H27F3N4O3. The number of carbonyl (C=O) groups is 2. The van der Waals surface area contributed by atoms with Gasteiger partial charge in [0, 0.05) is 32.2 Å². The van der Waals surface area contributed by atoms with E-state index in [1.54, 1.807) is 7.05 Å². The molecule has 0 spiro atoms. The highest BCUT2D eigenvalue weighted by Gasteiger charge is 2.36. The molecule has 0 bridgehead atoms. The van der Waals surface area contributed by atoms with Crippen LogP contribution >= 0.6 is 0 Å². The number of hydrogen-bond acceptors (Lipinski definition) is 4. The molecule has 2 heterocycles. The van der Waals surface area contributed by atoms with Gasteiger partial charge in [-0.25, -0.2) is 4.98 Å². The predicted molar refractivity (Wildman–Crippen MR) is 114 cm³/mol. The van der Waals surface area contributed by atoms with E-state index < -0.39 is 6.36 Å². The molecule has 5 rings (SSSR count).